The van der Waals surface area contributed by atoms with Crippen molar-refractivity contribution in [1.82, 2.24) is 10.6 Å². The van der Waals surface area contributed by atoms with Gasteiger partial charge in [-0.1, -0.05) is 48.5 Å². The quantitative estimate of drug-likeness (QED) is 0.567. The molecule has 1 saturated heterocycles. The van der Waals surface area contributed by atoms with E-state index in [9.17, 15) is 14.4 Å². The molecule has 8 heteroatoms. The first-order valence-electron chi connectivity index (χ1n) is 11.2. The highest BCUT2D eigenvalue weighted by Crippen LogP contribution is 2.44. The summed E-state index contributed by atoms with van der Waals surface area (Å²) in [4.78, 5) is 35.4. The predicted octanol–water partition coefficient (Wildman–Crippen LogP) is 3.05. The number of carboxylic acids is 1. The summed E-state index contributed by atoms with van der Waals surface area (Å²) in [6, 6.07) is 15.8. The number of benzene rings is 2. The van der Waals surface area contributed by atoms with Crippen LogP contribution in [0.15, 0.2) is 48.5 Å². The van der Waals surface area contributed by atoms with Gasteiger partial charge < -0.3 is 25.2 Å². The van der Waals surface area contributed by atoms with Gasteiger partial charge in [0.25, 0.3) is 0 Å². The summed E-state index contributed by atoms with van der Waals surface area (Å²) in [5.74, 6) is -1.25. The Kier molecular flexibility index (Phi) is 6.93. The monoisotopic (exact) mass is 452 g/mol. The molecule has 1 heterocycles. The number of carbonyl (C=O) groups is 3. The Labute approximate surface area is 192 Å². The number of carboxylic acid groups (broad SMARTS) is 1. The fourth-order valence-corrected chi connectivity index (χ4v) is 4.51. The molecular weight excluding hydrogens is 424 g/mol. The number of ether oxygens (including phenoxy) is 2. The van der Waals surface area contributed by atoms with Gasteiger partial charge in [-0.25, -0.2) is 9.59 Å². The average Bonchev–Trinajstić information content (AvgIpc) is 3.39. The van der Waals surface area contributed by atoms with Crippen molar-refractivity contribution in [2.24, 2.45) is 0 Å². The van der Waals surface area contributed by atoms with Crippen LogP contribution in [0.2, 0.25) is 0 Å². The van der Waals surface area contributed by atoms with E-state index in [-0.39, 0.29) is 37.5 Å². The number of aliphatic carboxylic acids is 1. The number of nitrogens with one attached hydrogen (secondary N) is 2. The van der Waals surface area contributed by atoms with Gasteiger partial charge in [0, 0.05) is 24.9 Å². The minimum atomic E-state index is -0.982. The number of carbonyl (C=O) groups excluding carboxylic acids is 2. The molecule has 174 valence electrons. The van der Waals surface area contributed by atoms with Crippen LogP contribution >= 0.6 is 0 Å². The topological polar surface area (TPSA) is 114 Å². The molecular formula is C25H28N2O6. The maximum Gasteiger partial charge on any atom is 0.407 e. The van der Waals surface area contributed by atoms with Crippen molar-refractivity contribution in [3.05, 3.63) is 59.7 Å². The number of hydrogen-bond acceptors (Lipinski definition) is 5. The molecule has 3 N–H and O–H groups in total. The van der Waals surface area contributed by atoms with Crippen LogP contribution in [0.3, 0.4) is 0 Å². The molecule has 3 atom stereocenters. The smallest absolute Gasteiger partial charge is 0.407 e. The Morgan fingerprint density at radius 1 is 1.06 bits per heavy atom. The Balaban J connectivity index is 1.22. The number of alkyl carbamates (subject to hydrolysis) is 1. The van der Waals surface area contributed by atoms with Crippen molar-refractivity contribution in [2.75, 3.05) is 13.2 Å². The molecule has 0 saturated carbocycles. The van der Waals surface area contributed by atoms with E-state index in [1.807, 2.05) is 24.3 Å². The predicted molar refractivity (Wildman–Crippen MR) is 121 cm³/mol. The third kappa shape index (κ3) is 5.34. The van der Waals surface area contributed by atoms with E-state index in [1.54, 1.807) is 6.92 Å². The summed E-state index contributed by atoms with van der Waals surface area (Å²) in [6.45, 7) is 2.19. The lowest BCUT2D eigenvalue weighted by molar-refractivity contribution is -0.149. The standard InChI is InChI=1S/C25H28N2O6/c1-15(12-23(28)26-13-16-10-11-22(33-16)24(29)30)27-25(31)32-14-21-19-8-4-2-6-17(19)18-7-3-5-9-20(18)21/h2-9,15-16,21-22H,10-14H2,1H3,(H,26,28)(H,27,31)(H,29,30)/t15-,16?,22?/m0/s1. The van der Waals surface area contributed by atoms with E-state index in [0.717, 1.165) is 22.3 Å². The van der Waals surface area contributed by atoms with Crippen LogP contribution < -0.4 is 10.6 Å². The largest absolute Gasteiger partial charge is 0.479 e. The van der Waals surface area contributed by atoms with Crippen molar-refractivity contribution < 1.29 is 29.0 Å². The lowest BCUT2D eigenvalue weighted by Crippen LogP contribution is -2.40. The number of fused-ring (bicyclic) bond motifs is 3. The number of rotatable bonds is 8. The lowest BCUT2D eigenvalue weighted by Gasteiger charge is -2.18. The molecule has 1 fully saturated rings. The highest BCUT2D eigenvalue weighted by Gasteiger charge is 2.31. The van der Waals surface area contributed by atoms with Gasteiger partial charge in [-0.05, 0) is 42.0 Å². The van der Waals surface area contributed by atoms with Crippen LogP contribution in [0.25, 0.3) is 11.1 Å². The molecule has 8 nitrogen and oxygen atoms in total. The first-order chi connectivity index (χ1) is 15.9. The SMILES string of the molecule is C[C@@H](CC(=O)NCC1CCC(C(=O)O)O1)NC(=O)OCC1c2ccccc2-c2ccccc21. The van der Waals surface area contributed by atoms with Crippen LogP contribution in [0.1, 0.15) is 43.2 Å². The molecule has 1 aliphatic heterocycles. The van der Waals surface area contributed by atoms with E-state index in [1.165, 1.54) is 0 Å². The zero-order chi connectivity index (χ0) is 23.4. The van der Waals surface area contributed by atoms with E-state index >= 15 is 0 Å². The summed E-state index contributed by atoms with van der Waals surface area (Å²) >= 11 is 0. The van der Waals surface area contributed by atoms with Gasteiger partial charge in [-0.3, -0.25) is 4.79 Å². The maximum atomic E-state index is 12.3. The first kappa shape index (κ1) is 22.8. The zero-order valence-corrected chi connectivity index (χ0v) is 18.5. The van der Waals surface area contributed by atoms with Gasteiger partial charge in [0.15, 0.2) is 6.10 Å². The van der Waals surface area contributed by atoms with Crippen LogP contribution in [-0.2, 0) is 19.1 Å². The van der Waals surface area contributed by atoms with Gasteiger partial charge in [-0.15, -0.1) is 0 Å². The van der Waals surface area contributed by atoms with Gasteiger partial charge >= 0.3 is 12.1 Å². The van der Waals surface area contributed by atoms with Crippen molar-refractivity contribution >= 4 is 18.0 Å². The molecule has 2 unspecified atom stereocenters. The fraction of sp³-hybridized carbons (Fsp3) is 0.400. The van der Waals surface area contributed by atoms with E-state index < -0.39 is 24.2 Å². The fourth-order valence-electron chi connectivity index (χ4n) is 4.51. The number of hydrogen-bond donors (Lipinski definition) is 3. The summed E-state index contributed by atoms with van der Waals surface area (Å²) in [5.41, 5.74) is 4.59. The van der Waals surface area contributed by atoms with Crippen molar-refractivity contribution in [2.45, 2.75) is 50.4 Å². The second-order valence-corrected chi connectivity index (χ2v) is 8.54. The van der Waals surface area contributed by atoms with Gasteiger partial charge in [-0.2, -0.15) is 0 Å². The third-order valence-electron chi connectivity index (χ3n) is 6.11. The van der Waals surface area contributed by atoms with E-state index in [0.29, 0.717) is 12.8 Å². The molecule has 2 aliphatic rings. The Morgan fingerprint density at radius 2 is 1.70 bits per heavy atom. The highest BCUT2D eigenvalue weighted by atomic mass is 16.5. The molecule has 1 aliphatic carbocycles. The van der Waals surface area contributed by atoms with E-state index in [2.05, 4.69) is 34.9 Å². The van der Waals surface area contributed by atoms with E-state index in [4.69, 9.17) is 14.6 Å². The molecule has 33 heavy (non-hydrogen) atoms. The molecule has 0 radical (unpaired) electrons. The van der Waals surface area contributed by atoms with Gasteiger partial charge in [0.1, 0.15) is 6.61 Å². The minimum Gasteiger partial charge on any atom is -0.479 e. The molecule has 2 aromatic rings. The Morgan fingerprint density at radius 3 is 2.30 bits per heavy atom. The summed E-state index contributed by atoms with van der Waals surface area (Å²) < 4.78 is 10.9. The minimum absolute atomic E-state index is 0.0252. The van der Waals surface area contributed by atoms with Crippen LogP contribution in [0, 0.1) is 0 Å². The van der Waals surface area contributed by atoms with Crippen LogP contribution in [0.4, 0.5) is 4.79 Å². The molecule has 0 aromatic heterocycles. The molecule has 2 amide bonds. The first-order valence-corrected chi connectivity index (χ1v) is 11.2. The van der Waals surface area contributed by atoms with Gasteiger partial charge in [0.05, 0.1) is 6.10 Å². The van der Waals surface area contributed by atoms with Crippen molar-refractivity contribution in [3.8, 4) is 11.1 Å². The van der Waals surface area contributed by atoms with Crippen LogP contribution in [0.5, 0.6) is 0 Å². The molecule has 0 spiro atoms. The summed E-state index contributed by atoms with van der Waals surface area (Å²) in [6.07, 6.45) is -0.568. The zero-order valence-electron chi connectivity index (χ0n) is 18.5. The van der Waals surface area contributed by atoms with Crippen LogP contribution in [-0.4, -0.2) is 54.5 Å². The summed E-state index contributed by atoms with van der Waals surface area (Å²) in [7, 11) is 0. The second-order valence-electron chi connectivity index (χ2n) is 8.54. The molecule has 2 aromatic carbocycles. The Bertz CT molecular complexity index is 994. The molecule has 4 rings (SSSR count). The Hall–Kier alpha value is -3.39. The average molecular weight is 453 g/mol. The second kappa shape index (κ2) is 10.0. The van der Waals surface area contributed by atoms with Crippen molar-refractivity contribution in [3.63, 3.8) is 0 Å². The van der Waals surface area contributed by atoms with Gasteiger partial charge in [0.2, 0.25) is 5.91 Å². The lowest BCUT2D eigenvalue weighted by atomic mass is 9.98. The maximum absolute atomic E-state index is 12.3. The van der Waals surface area contributed by atoms with Crippen molar-refractivity contribution in [1.29, 1.82) is 0 Å². The summed E-state index contributed by atoms with van der Waals surface area (Å²) in [5, 5.41) is 14.4. The highest BCUT2D eigenvalue weighted by molar-refractivity contribution is 5.79. The third-order valence-corrected chi connectivity index (χ3v) is 6.11. The number of amides is 2. The normalized spacial score (nSPS) is 19.9. The molecule has 0 bridgehead atoms.